The van der Waals surface area contributed by atoms with Crippen LogP contribution in [0, 0.1) is 4.91 Å². The summed E-state index contributed by atoms with van der Waals surface area (Å²) in [4.78, 5) is 10.1. The lowest BCUT2D eigenvalue weighted by Crippen LogP contribution is -1.84. The Labute approximate surface area is 76.3 Å². The number of hydrogen-bond acceptors (Lipinski definition) is 3. The molecule has 1 rings (SSSR count). The van der Waals surface area contributed by atoms with E-state index in [1.807, 2.05) is 12.1 Å². The Morgan fingerprint density at radius 1 is 1.33 bits per heavy atom. The Bertz CT molecular complexity index is 258. The number of benzene rings is 1. The SMILES string of the molecule is CSC(C)c1ccc(N=O)cc1. The minimum absolute atomic E-state index is 0.478. The van der Waals surface area contributed by atoms with Crippen molar-refractivity contribution in [2.75, 3.05) is 6.26 Å². The first-order valence-corrected chi connectivity index (χ1v) is 5.03. The van der Waals surface area contributed by atoms with Gasteiger partial charge in [0.2, 0.25) is 0 Å². The number of thioether (sulfide) groups is 1. The molecule has 0 saturated carbocycles. The van der Waals surface area contributed by atoms with Gasteiger partial charge in [-0.15, -0.1) is 4.91 Å². The first-order chi connectivity index (χ1) is 5.77. The summed E-state index contributed by atoms with van der Waals surface area (Å²) < 4.78 is 0. The summed E-state index contributed by atoms with van der Waals surface area (Å²) in [5.41, 5.74) is 1.72. The van der Waals surface area contributed by atoms with Gasteiger partial charge in [-0.2, -0.15) is 11.8 Å². The number of hydrogen-bond donors (Lipinski definition) is 0. The van der Waals surface area contributed by atoms with E-state index in [9.17, 15) is 4.91 Å². The average molecular weight is 181 g/mol. The van der Waals surface area contributed by atoms with E-state index in [0.29, 0.717) is 10.9 Å². The van der Waals surface area contributed by atoms with Gasteiger partial charge in [0.15, 0.2) is 0 Å². The van der Waals surface area contributed by atoms with Crippen LogP contribution in [0.25, 0.3) is 0 Å². The quantitative estimate of drug-likeness (QED) is 0.668. The molecule has 1 unspecified atom stereocenters. The molecule has 0 radical (unpaired) electrons. The molecule has 1 aromatic rings. The molecule has 1 atom stereocenters. The lowest BCUT2D eigenvalue weighted by molar-refractivity contribution is 1.10. The third-order valence-corrected chi connectivity index (χ3v) is 2.80. The fourth-order valence-electron chi connectivity index (χ4n) is 0.942. The van der Waals surface area contributed by atoms with Crippen LogP contribution in [0.15, 0.2) is 29.4 Å². The van der Waals surface area contributed by atoms with Crippen LogP contribution in [0.5, 0.6) is 0 Å². The molecule has 0 aliphatic rings. The monoisotopic (exact) mass is 181 g/mol. The number of nitrogens with zero attached hydrogens (tertiary/aromatic N) is 1. The summed E-state index contributed by atoms with van der Waals surface area (Å²) in [6.45, 7) is 2.13. The van der Waals surface area contributed by atoms with Gasteiger partial charge in [-0.1, -0.05) is 12.1 Å². The highest BCUT2D eigenvalue weighted by atomic mass is 32.2. The van der Waals surface area contributed by atoms with E-state index in [-0.39, 0.29) is 0 Å². The molecule has 64 valence electrons. The maximum absolute atomic E-state index is 10.1. The molecule has 0 N–H and O–H groups in total. The van der Waals surface area contributed by atoms with Gasteiger partial charge in [-0.05, 0) is 36.1 Å². The molecule has 12 heavy (non-hydrogen) atoms. The van der Waals surface area contributed by atoms with E-state index < -0.39 is 0 Å². The number of rotatable bonds is 3. The normalized spacial score (nSPS) is 12.5. The zero-order valence-electron chi connectivity index (χ0n) is 7.15. The van der Waals surface area contributed by atoms with E-state index in [1.165, 1.54) is 5.56 Å². The second-order valence-corrected chi connectivity index (χ2v) is 3.74. The van der Waals surface area contributed by atoms with Crippen molar-refractivity contribution >= 4 is 17.4 Å². The van der Waals surface area contributed by atoms with Crippen LogP contribution >= 0.6 is 11.8 Å². The van der Waals surface area contributed by atoms with Crippen LogP contribution in [0.3, 0.4) is 0 Å². The zero-order chi connectivity index (χ0) is 8.97. The standard InChI is InChI=1S/C9H11NOS/c1-7(12-2)8-3-5-9(10-11)6-4-8/h3-7H,1-2H3. The van der Waals surface area contributed by atoms with E-state index in [2.05, 4.69) is 18.4 Å². The van der Waals surface area contributed by atoms with Gasteiger partial charge in [0.05, 0.1) is 0 Å². The Morgan fingerprint density at radius 3 is 2.33 bits per heavy atom. The third-order valence-electron chi connectivity index (χ3n) is 1.82. The summed E-state index contributed by atoms with van der Waals surface area (Å²) >= 11 is 1.78. The lowest BCUT2D eigenvalue weighted by Gasteiger charge is -2.07. The van der Waals surface area contributed by atoms with Crippen LogP contribution in [0.2, 0.25) is 0 Å². The molecule has 0 saturated heterocycles. The molecule has 0 aliphatic heterocycles. The molecule has 3 heteroatoms. The molecule has 0 aliphatic carbocycles. The molecule has 0 amide bonds. The van der Waals surface area contributed by atoms with E-state index in [1.54, 1.807) is 23.9 Å². The summed E-state index contributed by atoms with van der Waals surface area (Å²) in [5, 5.41) is 3.32. The van der Waals surface area contributed by atoms with Crippen molar-refractivity contribution in [1.82, 2.24) is 0 Å². The Balaban J connectivity index is 2.84. The van der Waals surface area contributed by atoms with Gasteiger partial charge in [-0.3, -0.25) is 0 Å². The molecule has 0 heterocycles. The summed E-state index contributed by atoms with van der Waals surface area (Å²) in [6.07, 6.45) is 2.07. The van der Waals surface area contributed by atoms with Crippen LogP contribution < -0.4 is 0 Å². The fraction of sp³-hybridized carbons (Fsp3) is 0.333. The number of nitroso groups, excluding NO2 is 1. The third kappa shape index (κ3) is 2.08. The largest absolute Gasteiger partial charge is 0.158 e. The average Bonchev–Trinajstić information content (AvgIpc) is 2.17. The van der Waals surface area contributed by atoms with Crippen LogP contribution in [0.1, 0.15) is 17.7 Å². The Kier molecular flexibility index (Phi) is 3.29. The maximum atomic E-state index is 10.1. The van der Waals surface area contributed by atoms with Crippen molar-refractivity contribution in [3.05, 3.63) is 34.7 Å². The van der Waals surface area contributed by atoms with Crippen molar-refractivity contribution in [3.8, 4) is 0 Å². The Morgan fingerprint density at radius 2 is 1.92 bits per heavy atom. The first-order valence-electron chi connectivity index (χ1n) is 3.74. The summed E-state index contributed by atoms with van der Waals surface area (Å²) in [6, 6.07) is 7.37. The van der Waals surface area contributed by atoms with Crippen molar-refractivity contribution in [2.45, 2.75) is 12.2 Å². The van der Waals surface area contributed by atoms with Gasteiger partial charge >= 0.3 is 0 Å². The second kappa shape index (κ2) is 4.26. The minimum atomic E-state index is 0.478. The smallest absolute Gasteiger partial charge is 0.108 e. The van der Waals surface area contributed by atoms with Crippen LogP contribution in [-0.4, -0.2) is 6.26 Å². The van der Waals surface area contributed by atoms with Crippen molar-refractivity contribution in [2.24, 2.45) is 5.18 Å². The first kappa shape index (κ1) is 9.26. The predicted molar refractivity (Wildman–Crippen MR) is 53.8 cm³/mol. The second-order valence-electron chi connectivity index (χ2n) is 2.56. The summed E-state index contributed by atoms with van der Waals surface area (Å²) in [7, 11) is 0. The fourth-order valence-corrected chi connectivity index (χ4v) is 1.37. The van der Waals surface area contributed by atoms with Gasteiger partial charge < -0.3 is 0 Å². The minimum Gasteiger partial charge on any atom is -0.158 e. The van der Waals surface area contributed by atoms with Gasteiger partial charge in [0.25, 0.3) is 0 Å². The highest BCUT2D eigenvalue weighted by Gasteiger charge is 2.02. The molecule has 0 fully saturated rings. The van der Waals surface area contributed by atoms with Gasteiger partial charge in [0, 0.05) is 5.25 Å². The predicted octanol–water partition coefficient (Wildman–Crippen LogP) is 3.51. The van der Waals surface area contributed by atoms with Gasteiger partial charge in [-0.25, -0.2) is 0 Å². The molecule has 0 spiro atoms. The lowest BCUT2D eigenvalue weighted by atomic mass is 10.1. The topological polar surface area (TPSA) is 29.4 Å². The molecule has 0 bridgehead atoms. The molecular formula is C9H11NOS. The van der Waals surface area contributed by atoms with Crippen LogP contribution in [-0.2, 0) is 0 Å². The van der Waals surface area contributed by atoms with Crippen molar-refractivity contribution in [3.63, 3.8) is 0 Å². The zero-order valence-corrected chi connectivity index (χ0v) is 7.97. The molecule has 1 aromatic carbocycles. The maximum Gasteiger partial charge on any atom is 0.108 e. The van der Waals surface area contributed by atoms with E-state index >= 15 is 0 Å². The molecule has 2 nitrogen and oxygen atoms in total. The Hall–Kier alpha value is -0.830. The van der Waals surface area contributed by atoms with E-state index in [4.69, 9.17) is 0 Å². The summed E-state index contributed by atoms with van der Waals surface area (Å²) in [5.74, 6) is 0. The highest BCUT2D eigenvalue weighted by molar-refractivity contribution is 7.98. The molecular weight excluding hydrogens is 170 g/mol. The van der Waals surface area contributed by atoms with Crippen molar-refractivity contribution in [1.29, 1.82) is 0 Å². The van der Waals surface area contributed by atoms with Crippen LogP contribution in [0.4, 0.5) is 5.69 Å². The van der Waals surface area contributed by atoms with Crippen molar-refractivity contribution < 1.29 is 0 Å². The highest BCUT2D eigenvalue weighted by Crippen LogP contribution is 2.26. The van der Waals surface area contributed by atoms with Gasteiger partial charge in [0.1, 0.15) is 5.69 Å². The molecule has 0 aromatic heterocycles. The van der Waals surface area contributed by atoms with E-state index in [0.717, 1.165) is 0 Å².